The Labute approximate surface area is 183 Å². The number of rotatable bonds is 8. The molecule has 0 unspecified atom stereocenters. The normalized spacial score (nSPS) is 11.3. The molecular formula is C20H17ClN4O5S. The van der Waals surface area contributed by atoms with Crippen LogP contribution in [0.3, 0.4) is 0 Å². The van der Waals surface area contributed by atoms with Gasteiger partial charge in [0, 0.05) is 16.7 Å². The molecule has 2 N–H and O–H groups in total. The lowest BCUT2D eigenvalue weighted by molar-refractivity contribution is -0.384. The lowest BCUT2D eigenvalue weighted by Gasteiger charge is -2.12. The van der Waals surface area contributed by atoms with Gasteiger partial charge in [0.05, 0.1) is 28.8 Å². The molecule has 0 bridgehead atoms. The molecule has 0 aliphatic carbocycles. The van der Waals surface area contributed by atoms with E-state index in [-0.39, 0.29) is 16.3 Å². The summed E-state index contributed by atoms with van der Waals surface area (Å²) in [5.74, 6) is 0.313. The van der Waals surface area contributed by atoms with Crippen LogP contribution in [0.5, 0.6) is 5.75 Å². The van der Waals surface area contributed by atoms with E-state index in [1.165, 1.54) is 31.5 Å². The number of nitro benzene ring substituents is 1. The van der Waals surface area contributed by atoms with Gasteiger partial charge in [-0.15, -0.1) is 0 Å². The molecule has 0 fully saturated rings. The number of nitrogens with zero attached hydrogens (tertiary/aromatic N) is 2. The third kappa shape index (κ3) is 5.30. The van der Waals surface area contributed by atoms with Crippen LogP contribution in [0.15, 0.2) is 76.7 Å². The Hall–Kier alpha value is -3.63. The Morgan fingerprint density at radius 1 is 1.06 bits per heavy atom. The molecule has 0 aliphatic rings. The van der Waals surface area contributed by atoms with E-state index in [1.807, 2.05) is 0 Å². The van der Waals surface area contributed by atoms with Crippen LogP contribution in [0.1, 0.15) is 5.56 Å². The summed E-state index contributed by atoms with van der Waals surface area (Å²) < 4.78 is 33.0. The summed E-state index contributed by atoms with van der Waals surface area (Å²) in [6.45, 7) is 0. The molecule has 3 rings (SSSR count). The van der Waals surface area contributed by atoms with E-state index >= 15 is 0 Å². The number of methoxy groups -OCH3 is 1. The van der Waals surface area contributed by atoms with Crippen LogP contribution in [-0.4, -0.2) is 26.7 Å². The molecule has 0 spiro atoms. The second kappa shape index (κ2) is 9.45. The average molecular weight is 461 g/mol. The van der Waals surface area contributed by atoms with Crippen molar-refractivity contribution in [3.05, 3.63) is 87.4 Å². The average Bonchev–Trinajstić information content (AvgIpc) is 2.75. The van der Waals surface area contributed by atoms with Crippen molar-refractivity contribution in [1.29, 1.82) is 0 Å². The highest BCUT2D eigenvalue weighted by Crippen LogP contribution is 2.30. The van der Waals surface area contributed by atoms with Crippen LogP contribution in [0, 0.1) is 10.1 Å². The fourth-order valence-electron chi connectivity index (χ4n) is 2.61. The Bertz CT molecular complexity index is 1250. The smallest absolute Gasteiger partial charge is 0.295 e. The van der Waals surface area contributed by atoms with E-state index in [2.05, 4.69) is 15.2 Å². The molecule has 0 radical (unpaired) electrons. The molecule has 31 heavy (non-hydrogen) atoms. The second-order valence-electron chi connectivity index (χ2n) is 6.13. The van der Waals surface area contributed by atoms with Gasteiger partial charge >= 0.3 is 0 Å². The van der Waals surface area contributed by atoms with Crippen molar-refractivity contribution in [1.82, 2.24) is 0 Å². The topological polar surface area (TPSA) is 123 Å². The molecule has 0 saturated carbocycles. The summed E-state index contributed by atoms with van der Waals surface area (Å²) in [6.07, 6.45) is 1.40. The molecular weight excluding hydrogens is 444 g/mol. The van der Waals surface area contributed by atoms with Gasteiger partial charge in [-0.1, -0.05) is 41.9 Å². The van der Waals surface area contributed by atoms with Crippen molar-refractivity contribution in [3.63, 3.8) is 0 Å². The molecule has 160 valence electrons. The van der Waals surface area contributed by atoms with Gasteiger partial charge < -0.3 is 4.74 Å². The quantitative estimate of drug-likeness (QED) is 0.290. The molecule has 0 heterocycles. The SMILES string of the molecule is COc1ccccc1NS(=O)(=O)c1ccc(N/N=C\c2ccccc2Cl)c([N+](=O)[O-])c1. The third-order valence-corrected chi connectivity index (χ3v) is 5.83. The highest BCUT2D eigenvalue weighted by Gasteiger charge is 2.22. The molecule has 3 aromatic carbocycles. The highest BCUT2D eigenvalue weighted by atomic mass is 35.5. The zero-order valence-electron chi connectivity index (χ0n) is 16.2. The standard InChI is InChI=1S/C20H17ClN4O5S/c1-30-20-9-5-4-8-18(20)24-31(28,29)15-10-11-17(19(12-15)25(26)27)23-22-13-14-6-2-3-7-16(14)21/h2-13,23-24H,1H3/b22-13-. The van der Waals surface area contributed by atoms with Gasteiger partial charge in [0.2, 0.25) is 0 Å². The highest BCUT2D eigenvalue weighted by molar-refractivity contribution is 7.92. The van der Waals surface area contributed by atoms with Gasteiger partial charge in [-0.3, -0.25) is 20.3 Å². The van der Waals surface area contributed by atoms with E-state index in [0.717, 1.165) is 6.07 Å². The summed E-state index contributed by atoms with van der Waals surface area (Å²) in [4.78, 5) is 10.5. The van der Waals surface area contributed by atoms with E-state index < -0.39 is 20.6 Å². The predicted molar refractivity (Wildman–Crippen MR) is 120 cm³/mol. The number of nitro groups is 1. The number of ether oxygens (including phenoxy) is 1. The number of benzene rings is 3. The first-order chi connectivity index (χ1) is 14.8. The monoisotopic (exact) mass is 460 g/mol. The number of anilines is 2. The minimum Gasteiger partial charge on any atom is -0.495 e. The first-order valence-electron chi connectivity index (χ1n) is 8.79. The summed E-state index contributed by atoms with van der Waals surface area (Å²) in [5, 5.41) is 15.9. The lowest BCUT2D eigenvalue weighted by atomic mass is 10.2. The van der Waals surface area contributed by atoms with Crippen molar-refractivity contribution < 1.29 is 18.1 Å². The van der Waals surface area contributed by atoms with Crippen molar-refractivity contribution in [2.75, 3.05) is 17.3 Å². The minimum atomic E-state index is -4.11. The van der Waals surface area contributed by atoms with Gasteiger partial charge in [-0.05, 0) is 30.3 Å². The van der Waals surface area contributed by atoms with E-state index in [9.17, 15) is 18.5 Å². The van der Waals surface area contributed by atoms with Gasteiger partial charge in [-0.25, -0.2) is 8.42 Å². The maximum Gasteiger partial charge on any atom is 0.295 e. The fraction of sp³-hybridized carbons (Fsp3) is 0.0500. The predicted octanol–water partition coefficient (Wildman–Crippen LogP) is 4.50. The Balaban J connectivity index is 1.87. The fourth-order valence-corrected chi connectivity index (χ4v) is 3.88. The van der Waals surface area contributed by atoms with Crippen LogP contribution in [0.4, 0.5) is 17.1 Å². The maximum absolute atomic E-state index is 12.7. The van der Waals surface area contributed by atoms with E-state index in [1.54, 1.807) is 42.5 Å². The molecule has 9 nitrogen and oxygen atoms in total. The number of sulfonamides is 1. The largest absolute Gasteiger partial charge is 0.495 e. The number of hydrazone groups is 1. The summed E-state index contributed by atoms with van der Waals surface area (Å²) >= 11 is 6.04. The molecule has 0 atom stereocenters. The number of hydrogen-bond donors (Lipinski definition) is 2. The summed E-state index contributed by atoms with van der Waals surface area (Å²) in [7, 11) is -2.70. The van der Waals surface area contributed by atoms with Crippen LogP contribution in [0.25, 0.3) is 0 Å². The van der Waals surface area contributed by atoms with Crippen LogP contribution >= 0.6 is 11.6 Å². The number of para-hydroxylation sites is 2. The van der Waals surface area contributed by atoms with Gasteiger partial charge in [-0.2, -0.15) is 5.10 Å². The zero-order valence-corrected chi connectivity index (χ0v) is 17.7. The lowest BCUT2D eigenvalue weighted by Crippen LogP contribution is -2.14. The van der Waals surface area contributed by atoms with Crippen LogP contribution in [-0.2, 0) is 10.0 Å². The number of nitrogens with one attached hydrogen (secondary N) is 2. The molecule has 0 aromatic heterocycles. The van der Waals surface area contributed by atoms with E-state index in [0.29, 0.717) is 16.3 Å². The molecule has 11 heteroatoms. The first kappa shape index (κ1) is 22.1. The molecule has 0 saturated heterocycles. The van der Waals surface area contributed by atoms with Gasteiger partial charge in [0.1, 0.15) is 11.4 Å². The minimum absolute atomic E-state index is 0.0181. The van der Waals surface area contributed by atoms with Crippen LogP contribution in [0.2, 0.25) is 5.02 Å². The maximum atomic E-state index is 12.7. The third-order valence-electron chi connectivity index (χ3n) is 4.12. The zero-order chi connectivity index (χ0) is 22.4. The number of hydrogen-bond acceptors (Lipinski definition) is 7. The van der Waals surface area contributed by atoms with Crippen molar-refractivity contribution in [3.8, 4) is 5.75 Å². The molecule has 0 aliphatic heterocycles. The van der Waals surface area contributed by atoms with Crippen molar-refractivity contribution in [2.45, 2.75) is 4.90 Å². The van der Waals surface area contributed by atoms with Crippen molar-refractivity contribution >= 4 is 44.9 Å². The first-order valence-corrected chi connectivity index (χ1v) is 10.7. The van der Waals surface area contributed by atoms with Crippen LogP contribution < -0.4 is 14.9 Å². The molecule has 3 aromatic rings. The summed E-state index contributed by atoms with van der Waals surface area (Å²) in [6, 6.07) is 16.8. The van der Waals surface area contributed by atoms with Gasteiger partial charge in [0.15, 0.2) is 0 Å². The van der Waals surface area contributed by atoms with Gasteiger partial charge in [0.25, 0.3) is 15.7 Å². The Kier molecular flexibility index (Phi) is 6.73. The second-order valence-corrected chi connectivity index (χ2v) is 8.22. The van der Waals surface area contributed by atoms with E-state index in [4.69, 9.17) is 16.3 Å². The Morgan fingerprint density at radius 2 is 1.77 bits per heavy atom. The molecule has 0 amide bonds. The summed E-state index contributed by atoms with van der Waals surface area (Å²) in [5.41, 5.74) is 2.93. The number of halogens is 1. The van der Waals surface area contributed by atoms with Crippen molar-refractivity contribution in [2.24, 2.45) is 5.10 Å². The Morgan fingerprint density at radius 3 is 2.48 bits per heavy atom.